The van der Waals surface area contributed by atoms with E-state index in [2.05, 4.69) is 20.6 Å². The molecule has 0 saturated carbocycles. The fourth-order valence-electron chi connectivity index (χ4n) is 3.17. The van der Waals surface area contributed by atoms with Crippen LogP contribution in [-0.4, -0.2) is 39.8 Å². The SMILES string of the molecule is O=C1CCCCC(C(=O)[C@H](Cc2c[nH]cn2)NC(=O)OCc2ccccc2)N1. The number of hydrogen-bond acceptors (Lipinski definition) is 5. The number of aromatic nitrogens is 2. The minimum Gasteiger partial charge on any atom is -0.445 e. The highest BCUT2D eigenvalue weighted by atomic mass is 16.5. The van der Waals surface area contributed by atoms with Crippen LogP contribution < -0.4 is 10.6 Å². The van der Waals surface area contributed by atoms with Crippen LogP contribution in [0.3, 0.4) is 0 Å². The van der Waals surface area contributed by atoms with Crippen molar-refractivity contribution in [2.75, 3.05) is 0 Å². The van der Waals surface area contributed by atoms with Crippen molar-refractivity contribution in [3.8, 4) is 0 Å². The van der Waals surface area contributed by atoms with Crippen molar-refractivity contribution >= 4 is 17.8 Å². The summed E-state index contributed by atoms with van der Waals surface area (Å²) in [4.78, 5) is 44.1. The number of carbonyl (C=O) groups excluding carboxylic acids is 3. The normalized spacial score (nSPS) is 17.9. The molecule has 1 aliphatic rings. The summed E-state index contributed by atoms with van der Waals surface area (Å²) >= 11 is 0. The summed E-state index contributed by atoms with van der Waals surface area (Å²) < 4.78 is 5.24. The summed E-state index contributed by atoms with van der Waals surface area (Å²) in [5.74, 6) is -0.379. The van der Waals surface area contributed by atoms with Crippen molar-refractivity contribution in [2.24, 2.45) is 0 Å². The summed E-state index contributed by atoms with van der Waals surface area (Å²) in [6.45, 7) is 0.107. The highest BCUT2D eigenvalue weighted by molar-refractivity contribution is 5.94. The molecule has 1 fully saturated rings. The molecule has 0 bridgehead atoms. The predicted octanol–water partition coefficient (Wildman–Crippen LogP) is 1.88. The third-order valence-electron chi connectivity index (χ3n) is 4.64. The lowest BCUT2D eigenvalue weighted by atomic mass is 9.97. The maximum Gasteiger partial charge on any atom is 0.408 e. The molecule has 2 atom stereocenters. The van der Waals surface area contributed by atoms with Crippen LogP contribution >= 0.6 is 0 Å². The summed E-state index contributed by atoms with van der Waals surface area (Å²) in [7, 11) is 0. The molecule has 8 heteroatoms. The van der Waals surface area contributed by atoms with Gasteiger partial charge in [0.25, 0.3) is 0 Å². The fourth-order valence-corrected chi connectivity index (χ4v) is 3.17. The highest BCUT2D eigenvalue weighted by Gasteiger charge is 2.31. The number of rotatable bonds is 7. The Labute approximate surface area is 163 Å². The second-order valence-electron chi connectivity index (χ2n) is 6.79. The number of carbonyl (C=O) groups is 3. The summed E-state index contributed by atoms with van der Waals surface area (Å²) in [5.41, 5.74) is 1.49. The Hall–Kier alpha value is -3.16. The third-order valence-corrected chi connectivity index (χ3v) is 4.64. The Morgan fingerprint density at radius 2 is 2.07 bits per heavy atom. The molecule has 0 spiro atoms. The van der Waals surface area contributed by atoms with Crippen LogP contribution in [0.4, 0.5) is 4.79 Å². The van der Waals surface area contributed by atoms with Crippen LogP contribution in [-0.2, 0) is 27.4 Å². The lowest BCUT2D eigenvalue weighted by Gasteiger charge is -2.22. The number of ketones is 1. The number of amides is 2. The molecule has 3 rings (SSSR count). The number of H-pyrrole nitrogens is 1. The zero-order valence-corrected chi connectivity index (χ0v) is 15.5. The van der Waals surface area contributed by atoms with E-state index < -0.39 is 18.2 Å². The van der Waals surface area contributed by atoms with Crippen LogP contribution in [0.25, 0.3) is 0 Å². The van der Waals surface area contributed by atoms with Gasteiger partial charge in [0.2, 0.25) is 5.91 Å². The minimum atomic E-state index is -0.838. The fraction of sp³-hybridized carbons (Fsp3) is 0.400. The van der Waals surface area contributed by atoms with Gasteiger partial charge in [-0.1, -0.05) is 36.8 Å². The second kappa shape index (κ2) is 9.68. The Morgan fingerprint density at radius 3 is 2.82 bits per heavy atom. The number of ether oxygens (including phenoxy) is 1. The molecular formula is C20H24N4O4. The summed E-state index contributed by atoms with van der Waals surface area (Å²) in [5, 5.41) is 5.40. The van der Waals surface area contributed by atoms with Crippen molar-refractivity contribution in [2.45, 2.75) is 50.8 Å². The second-order valence-corrected chi connectivity index (χ2v) is 6.79. The predicted molar refractivity (Wildman–Crippen MR) is 101 cm³/mol. The maximum atomic E-state index is 13.0. The van der Waals surface area contributed by atoms with Gasteiger partial charge in [0, 0.05) is 19.0 Å². The number of nitrogens with zero attached hydrogens (tertiary/aromatic N) is 1. The van der Waals surface area contributed by atoms with Gasteiger partial charge >= 0.3 is 6.09 Å². The average Bonchev–Trinajstić information content (AvgIpc) is 3.12. The van der Waals surface area contributed by atoms with E-state index in [1.54, 1.807) is 6.20 Å². The largest absolute Gasteiger partial charge is 0.445 e. The number of imidazole rings is 1. The first-order chi connectivity index (χ1) is 13.6. The molecule has 8 nitrogen and oxygen atoms in total. The van der Waals surface area contributed by atoms with Crippen molar-refractivity contribution in [3.63, 3.8) is 0 Å². The average molecular weight is 384 g/mol. The van der Waals surface area contributed by atoms with E-state index in [-0.39, 0.29) is 24.7 Å². The van der Waals surface area contributed by atoms with E-state index in [0.29, 0.717) is 18.5 Å². The lowest BCUT2D eigenvalue weighted by molar-refractivity contribution is -0.128. The van der Waals surface area contributed by atoms with Gasteiger partial charge in [0.15, 0.2) is 5.78 Å². The summed E-state index contributed by atoms with van der Waals surface area (Å²) in [6, 6.07) is 7.83. The standard InChI is InChI=1S/C20H24N4O4/c25-18-9-5-4-8-16(23-18)19(26)17(10-15-11-21-13-22-15)24-20(27)28-12-14-6-2-1-3-7-14/h1-3,6-7,11,13,16-17H,4-5,8-10,12H2,(H,21,22)(H,23,25)(H,24,27)/t16?,17-/m0/s1. The van der Waals surface area contributed by atoms with Gasteiger partial charge in [-0.2, -0.15) is 0 Å². The number of nitrogens with one attached hydrogen (secondary N) is 3. The van der Waals surface area contributed by atoms with E-state index in [1.807, 2.05) is 30.3 Å². The van der Waals surface area contributed by atoms with Crippen molar-refractivity contribution < 1.29 is 19.1 Å². The van der Waals surface area contributed by atoms with Crippen molar-refractivity contribution in [1.29, 1.82) is 0 Å². The Morgan fingerprint density at radius 1 is 1.25 bits per heavy atom. The molecule has 1 aliphatic heterocycles. The number of Topliss-reactive ketones (excluding diaryl/α,β-unsaturated/α-hetero) is 1. The molecule has 2 aromatic rings. The minimum absolute atomic E-state index is 0.107. The van der Waals surface area contributed by atoms with E-state index >= 15 is 0 Å². The summed E-state index contributed by atoms with van der Waals surface area (Å²) in [6.07, 6.45) is 5.23. The molecule has 1 aromatic heterocycles. The van der Waals surface area contributed by atoms with E-state index in [0.717, 1.165) is 18.4 Å². The van der Waals surface area contributed by atoms with Crippen LogP contribution in [0.5, 0.6) is 0 Å². The molecule has 2 amide bonds. The zero-order valence-electron chi connectivity index (χ0n) is 15.5. The number of alkyl carbamates (subject to hydrolysis) is 1. The van der Waals surface area contributed by atoms with Crippen LogP contribution in [0, 0.1) is 0 Å². The number of aromatic amines is 1. The Kier molecular flexibility index (Phi) is 6.78. The third kappa shape index (κ3) is 5.67. The van der Waals surface area contributed by atoms with Crippen LogP contribution in [0.1, 0.15) is 36.9 Å². The topological polar surface area (TPSA) is 113 Å². The van der Waals surface area contributed by atoms with Gasteiger partial charge in [0.05, 0.1) is 24.1 Å². The van der Waals surface area contributed by atoms with Gasteiger partial charge in [-0.05, 0) is 18.4 Å². The Bertz CT molecular complexity index is 792. The highest BCUT2D eigenvalue weighted by Crippen LogP contribution is 2.13. The maximum absolute atomic E-state index is 13.0. The van der Waals surface area contributed by atoms with Gasteiger partial charge in [0.1, 0.15) is 6.61 Å². The molecule has 0 aliphatic carbocycles. The number of hydrogen-bond donors (Lipinski definition) is 3. The number of benzene rings is 1. The molecule has 1 unspecified atom stereocenters. The van der Waals surface area contributed by atoms with E-state index in [1.165, 1.54) is 6.33 Å². The van der Waals surface area contributed by atoms with Crippen molar-refractivity contribution in [1.82, 2.24) is 20.6 Å². The smallest absolute Gasteiger partial charge is 0.408 e. The quantitative estimate of drug-likeness (QED) is 0.674. The van der Waals surface area contributed by atoms with Crippen molar-refractivity contribution in [3.05, 3.63) is 54.1 Å². The first-order valence-electron chi connectivity index (χ1n) is 9.40. The molecule has 2 heterocycles. The molecule has 148 valence electrons. The first kappa shape index (κ1) is 19.6. The monoisotopic (exact) mass is 384 g/mol. The Balaban J connectivity index is 1.64. The zero-order chi connectivity index (χ0) is 19.8. The molecule has 1 aromatic carbocycles. The van der Waals surface area contributed by atoms with Crippen LogP contribution in [0.15, 0.2) is 42.9 Å². The molecule has 1 saturated heterocycles. The van der Waals surface area contributed by atoms with E-state index in [9.17, 15) is 14.4 Å². The van der Waals surface area contributed by atoms with E-state index in [4.69, 9.17) is 4.74 Å². The molecule has 28 heavy (non-hydrogen) atoms. The van der Waals surface area contributed by atoms with Crippen LogP contribution in [0.2, 0.25) is 0 Å². The van der Waals surface area contributed by atoms with Gasteiger partial charge < -0.3 is 20.4 Å². The first-order valence-corrected chi connectivity index (χ1v) is 9.40. The molecular weight excluding hydrogens is 360 g/mol. The van der Waals surface area contributed by atoms with Gasteiger partial charge in [-0.25, -0.2) is 9.78 Å². The molecule has 0 radical (unpaired) electrons. The lowest BCUT2D eigenvalue weighted by Crippen LogP contribution is -2.51. The molecule has 3 N–H and O–H groups in total. The van der Waals surface area contributed by atoms with Gasteiger partial charge in [-0.15, -0.1) is 0 Å². The van der Waals surface area contributed by atoms with Gasteiger partial charge in [-0.3, -0.25) is 9.59 Å².